The zero-order chi connectivity index (χ0) is 20.9. The minimum atomic E-state index is -4.61. The largest absolute Gasteiger partial charge is 0.303 e. The van der Waals surface area contributed by atoms with Gasteiger partial charge in [-0.15, -0.1) is 0 Å². The van der Waals surface area contributed by atoms with Crippen LogP contribution < -0.4 is 10.7 Å². The van der Waals surface area contributed by atoms with Gasteiger partial charge in [-0.1, -0.05) is 18.2 Å². The molecule has 0 radical (unpaired) electrons. The van der Waals surface area contributed by atoms with Crippen LogP contribution in [0.2, 0.25) is 0 Å². The molecule has 0 atom stereocenters. The molecule has 0 fully saturated rings. The number of hydrogen-bond donors (Lipinski definition) is 5. The van der Waals surface area contributed by atoms with Crippen LogP contribution >= 0.6 is 0 Å². The predicted octanol–water partition coefficient (Wildman–Crippen LogP) is 1.52. The molecule has 11 nitrogen and oxygen atoms in total. The Hall–Kier alpha value is -3.48. The monoisotopic (exact) mass is 405 g/mol. The zero-order valence-corrected chi connectivity index (χ0v) is 15.4. The molecule has 0 heterocycles. The summed E-state index contributed by atoms with van der Waals surface area (Å²) in [4.78, 5) is 9.73. The van der Waals surface area contributed by atoms with E-state index in [4.69, 9.17) is 15.4 Å². The number of nitro benzene ring substituents is 1. The van der Waals surface area contributed by atoms with Crippen molar-refractivity contribution in [3.63, 3.8) is 0 Å². The van der Waals surface area contributed by atoms with E-state index in [1.807, 2.05) is 6.07 Å². The summed E-state index contributed by atoms with van der Waals surface area (Å²) in [6, 6.07) is 11.6. The number of nitrogens with two attached hydrogens (primary N) is 1. The van der Waals surface area contributed by atoms with Crippen molar-refractivity contribution >= 4 is 44.4 Å². The van der Waals surface area contributed by atoms with Crippen LogP contribution in [0.1, 0.15) is 6.92 Å². The van der Waals surface area contributed by atoms with Crippen molar-refractivity contribution in [2.24, 2.45) is 5.10 Å². The molecule has 0 aromatic heterocycles. The molecule has 0 aliphatic rings. The maximum absolute atomic E-state index is 11.2. The summed E-state index contributed by atoms with van der Waals surface area (Å²) >= 11 is 0. The van der Waals surface area contributed by atoms with Gasteiger partial charge < -0.3 is 5.41 Å². The number of para-hydroxylation sites is 1. The zero-order valence-electron chi connectivity index (χ0n) is 14.6. The van der Waals surface area contributed by atoms with Crippen LogP contribution in [0.5, 0.6) is 0 Å². The number of rotatable bonds is 7. The Balaban J connectivity index is 2.33. The van der Waals surface area contributed by atoms with E-state index in [2.05, 4.69) is 10.5 Å². The summed E-state index contributed by atoms with van der Waals surface area (Å²) in [5.41, 5.74) is 2.19. The fourth-order valence-corrected chi connectivity index (χ4v) is 2.66. The number of anilines is 1. The van der Waals surface area contributed by atoms with Gasteiger partial charge in [0.1, 0.15) is 16.3 Å². The average molecular weight is 405 g/mol. The van der Waals surface area contributed by atoms with Crippen LogP contribution in [-0.4, -0.2) is 35.2 Å². The van der Waals surface area contributed by atoms with Crippen LogP contribution in [0.15, 0.2) is 58.5 Å². The average Bonchev–Trinajstić information content (AvgIpc) is 2.61. The van der Waals surface area contributed by atoms with Crippen LogP contribution in [0.4, 0.5) is 17.1 Å². The fraction of sp³-hybridized carbons (Fsp3) is 0.0625. The molecule has 12 heteroatoms. The van der Waals surface area contributed by atoms with Gasteiger partial charge in [-0.3, -0.25) is 25.4 Å². The van der Waals surface area contributed by atoms with Crippen molar-refractivity contribution in [2.75, 3.05) is 5.43 Å². The lowest BCUT2D eigenvalue weighted by molar-refractivity contribution is -0.440. The highest BCUT2D eigenvalue weighted by Crippen LogP contribution is 2.27. The van der Waals surface area contributed by atoms with Gasteiger partial charge in [0.05, 0.1) is 10.6 Å². The van der Waals surface area contributed by atoms with E-state index < -0.39 is 25.6 Å². The molecule has 2 aromatic carbocycles. The first kappa shape index (κ1) is 20.8. The van der Waals surface area contributed by atoms with Gasteiger partial charge in [0.15, 0.2) is 5.71 Å². The second-order valence-electron chi connectivity index (χ2n) is 5.58. The van der Waals surface area contributed by atoms with E-state index in [-0.39, 0.29) is 22.9 Å². The predicted molar refractivity (Wildman–Crippen MR) is 103 cm³/mol. The van der Waals surface area contributed by atoms with Gasteiger partial charge in [-0.05, 0) is 31.2 Å². The molecular formula is C16H17N6O5S+. The second kappa shape index (κ2) is 8.47. The first-order valence-corrected chi connectivity index (χ1v) is 9.17. The van der Waals surface area contributed by atoms with Gasteiger partial charge >= 0.3 is 0 Å². The Morgan fingerprint density at radius 2 is 1.86 bits per heavy atom. The Kier molecular flexibility index (Phi) is 6.30. The molecule has 0 spiro atoms. The van der Waals surface area contributed by atoms with E-state index in [9.17, 15) is 18.5 Å². The lowest BCUT2D eigenvalue weighted by atomic mass is 10.2. The molecule has 146 valence electrons. The first-order valence-electron chi connectivity index (χ1n) is 7.73. The summed E-state index contributed by atoms with van der Waals surface area (Å²) in [6.07, 6.45) is 0. The normalized spacial score (nSPS) is 11.7. The van der Waals surface area contributed by atoms with E-state index in [0.29, 0.717) is 11.8 Å². The van der Waals surface area contributed by atoms with Crippen LogP contribution in [-0.2, 0) is 10.1 Å². The number of hydrogen-bond acceptors (Lipinski definition) is 8. The second-order valence-corrected chi connectivity index (χ2v) is 7.00. The van der Waals surface area contributed by atoms with Crippen molar-refractivity contribution in [3.8, 4) is 0 Å². The topological polar surface area (TPSA) is 186 Å². The van der Waals surface area contributed by atoms with E-state index >= 15 is 0 Å². The first-order chi connectivity index (χ1) is 13.1. The Morgan fingerprint density at radius 1 is 1.21 bits per heavy atom. The highest BCUT2D eigenvalue weighted by Gasteiger charge is 2.21. The molecule has 0 unspecified atom stereocenters. The molecule has 2 aromatic rings. The molecule has 28 heavy (non-hydrogen) atoms. The molecule has 0 aliphatic heterocycles. The summed E-state index contributed by atoms with van der Waals surface area (Å²) in [5.74, 6) is -0.0941. The van der Waals surface area contributed by atoms with Crippen LogP contribution in [0, 0.1) is 20.9 Å². The third kappa shape index (κ3) is 5.26. The molecule has 0 saturated heterocycles. The quantitative estimate of drug-likeness (QED) is 0.116. The molecular weight excluding hydrogens is 388 g/mol. The number of quaternary nitrogens is 1. The minimum absolute atomic E-state index is 0.0538. The van der Waals surface area contributed by atoms with Crippen LogP contribution in [0.3, 0.4) is 0 Å². The minimum Gasteiger partial charge on any atom is -0.303 e. The lowest BCUT2D eigenvalue weighted by Gasteiger charge is -2.07. The van der Waals surface area contributed by atoms with Gasteiger partial charge in [0.2, 0.25) is 0 Å². The Morgan fingerprint density at radius 3 is 2.39 bits per heavy atom. The molecule has 2 rings (SSSR count). The van der Waals surface area contributed by atoms with Crippen molar-refractivity contribution in [1.29, 1.82) is 10.8 Å². The van der Waals surface area contributed by atoms with Crippen molar-refractivity contribution in [2.45, 2.75) is 11.8 Å². The molecule has 6 N–H and O–H groups in total. The highest BCUT2D eigenvalue weighted by atomic mass is 32.2. The standard InChI is InChI=1S/C16H16N6O5S/c1-10(17)15(16(18)19-11-5-3-2-4-6-11)21-20-13-8-7-12(28(25,26)27)9-14(13)22(23)24/h2-9,17,20H,1H3,(H2,18,19)(H,25,26,27)/p+1/b17-10?,21-15+. The smallest absolute Gasteiger partial charge is 0.295 e. The van der Waals surface area contributed by atoms with E-state index in [0.717, 1.165) is 12.1 Å². The van der Waals surface area contributed by atoms with Crippen molar-refractivity contribution in [3.05, 3.63) is 58.6 Å². The Bertz CT molecular complexity index is 1070. The third-order valence-electron chi connectivity index (χ3n) is 3.47. The van der Waals surface area contributed by atoms with Gasteiger partial charge in [0.25, 0.3) is 21.6 Å². The lowest BCUT2D eigenvalue weighted by Crippen LogP contribution is -2.84. The number of nitrogens with zero attached hydrogens (tertiary/aromatic N) is 2. The maximum Gasteiger partial charge on any atom is 0.295 e. The number of amidine groups is 1. The van der Waals surface area contributed by atoms with Gasteiger partial charge in [-0.2, -0.15) is 13.5 Å². The number of hydrazone groups is 1. The van der Waals surface area contributed by atoms with Crippen molar-refractivity contribution in [1.82, 2.24) is 0 Å². The summed E-state index contributed by atoms with van der Waals surface area (Å²) in [7, 11) is -4.61. The van der Waals surface area contributed by atoms with Crippen LogP contribution in [0.25, 0.3) is 0 Å². The van der Waals surface area contributed by atoms with Gasteiger partial charge in [0, 0.05) is 6.07 Å². The summed E-state index contributed by atoms with van der Waals surface area (Å²) in [5, 5.41) is 32.5. The third-order valence-corrected chi connectivity index (χ3v) is 4.32. The fourth-order valence-electron chi connectivity index (χ4n) is 2.16. The number of nitro groups is 1. The van der Waals surface area contributed by atoms with E-state index in [1.54, 1.807) is 24.3 Å². The summed E-state index contributed by atoms with van der Waals surface area (Å²) < 4.78 is 31.4. The molecule has 0 amide bonds. The SMILES string of the molecule is CC(=N)/C(=N\Nc1ccc(S(=O)(=O)O)cc1[N+](=O)[O-])C(=N)[NH2+]c1ccccc1. The maximum atomic E-state index is 11.2. The van der Waals surface area contributed by atoms with Crippen molar-refractivity contribution < 1.29 is 23.2 Å². The number of nitrogens with one attached hydrogen (secondary N) is 3. The molecule has 0 bridgehead atoms. The highest BCUT2D eigenvalue weighted by molar-refractivity contribution is 7.85. The van der Waals surface area contributed by atoms with E-state index in [1.165, 1.54) is 12.2 Å². The summed E-state index contributed by atoms with van der Waals surface area (Å²) in [6.45, 7) is 1.41. The Labute approximate surface area is 160 Å². The molecule has 0 saturated carbocycles. The van der Waals surface area contributed by atoms with Gasteiger partial charge in [-0.25, -0.2) is 5.41 Å². The molecule has 0 aliphatic carbocycles. The number of benzene rings is 2.